The lowest BCUT2D eigenvalue weighted by Gasteiger charge is -2.09. The van der Waals surface area contributed by atoms with Crippen LogP contribution in [0.25, 0.3) is 10.8 Å². The smallest absolute Gasteiger partial charge is 0.311 e. The zero-order valence-corrected chi connectivity index (χ0v) is 15.0. The second-order valence-electron chi connectivity index (χ2n) is 4.99. The summed E-state index contributed by atoms with van der Waals surface area (Å²) in [7, 11) is 0. The summed E-state index contributed by atoms with van der Waals surface area (Å²) < 4.78 is 10.8. The fourth-order valence-corrected chi connectivity index (χ4v) is 2.94. The molecule has 0 amide bonds. The van der Waals surface area contributed by atoms with E-state index >= 15 is 0 Å². The number of aromatic hydroxyl groups is 1. The molecule has 0 saturated heterocycles. The maximum atomic E-state index is 11.8. The number of rotatable bonds is 5. The average molecular weight is 428 g/mol. The second kappa shape index (κ2) is 7.63. The molecule has 23 heavy (non-hydrogen) atoms. The normalized spacial score (nSPS) is 10.6. The van der Waals surface area contributed by atoms with E-state index in [9.17, 15) is 14.7 Å². The van der Waals surface area contributed by atoms with Gasteiger partial charge < -0.3 is 14.6 Å². The second-order valence-corrected chi connectivity index (χ2v) is 6.16. The minimum absolute atomic E-state index is 0.00509. The number of ether oxygens (including phenoxy) is 2. The molecule has 2 rings (SSSR count). The quantitative estimate of drug-likeness (QED) is 0.447. The summed E-state index contributed by atoms with van der Waals surface area (Å²) in [6, 6.07) is 7.04. The summed E-state index contributed by atoms with van der Waals surface area (Å²) in [4.78, 5) is 23.0. The molecular formula is C17H17IO5. The number of phenolic OH excluding ortho intramolecular Hbond substituents is 1. The Morgan fingerprint density at radius 2 is 1.87 bits per heavy atom. The third-order valence-corrected chi connectivity index (χ3v) is 4.18. The van der Waals surface area contributed by atoms with Crippen LogP contribution in [0, 0.1) is 10.5 Å². The van der Waals surface area contributed by atoms with Crippen molar-refractivity contribution in [2.45, 2.75) is 26.7 Å². The number of aryl methyl sites for hydroxylation is 1. The van der Waals surface area contributed by atoms with Gasteiger partial charge >= 0.3 is 11.9 Å². The highest BCUT2D eigenvalue weighted by molar-refractivity contribution is 14.1. The molecule has 5 nitrogen and oxygen atoms in total. The molecule has 122 valence electrons. The zero-order valence-electron chi connectivity index (χ0n) is 12.9. The molecule has 2 aromatic rings. The van der Waals surface area contributed by atoms with Gasteiger partial charge in [-0.3, -0.25) is 9.59 Å². The van der Waals surface area contributed by atoms with E-state index in [1.165, 1.54) is 0 Å². The average Bonchev–Trinajstić information content (AvgIpc) is 2.51. The van der Waals surface area contributed by atoms with Crippen LogP contribution in [0.2, 0.25) is 0 Å². The Kier molecular flexibility index (Phi) is 5.81. The van der Waals surface area contributed by atoms with Gasteiger partial charge in [0.2, 0.25) is 0 Å². The maximum absolute atomic E-state index is 11.8. The van der Waals surface area contributed by atoms with Gasteiger partial charge in [0, 0.05) is 0 Å². The first-order valence-electron chi connectivity index (χ1n) is 7.20. The first-order chi connectivity index (χ1) is 10.9. The van der Waals surface area contributed by atoms with Gasteiger partial charge in [-0.05, 0) is 71.0 Å². The van der Waals surface area contributed by atoms with Crippen LogP contribution >= 0.6 is 22.6 Å². The first-order valence-corrected chi connectivity index (χ1v) is 8.28. The van der Waals surface area contributed by atoms with Crippen LogP contribution in [0.5, 0.6) is 11.5 Å². The molecule has 0 aliphatic rings. The zero-order chi connectivity index (χ0) is 17.0. The maximum Gasteiger partial charge on any atom is 0.311 e. The fourth-order valence-electron chi connectivity index (χ4n) is 2.20. The lowest BCUT2D eigenvalue weighted by Crippen LogP contribution is -2.12. The van der Waals surface area contributed by atoms with E-state index in [1.807, 2.05) is 13.0 Å². The lowest BCUT2D eigenvalue weighted by atomic mass is 10.0. The van der Waals surface area contributed by atoms with Crippen LogP contribution in [0.1, 0.15) is 25.3 Å². The van der Waals surface area contributed by atoms with Crippen molar-refractivity contribution in [2.75, 3.05) is 6.61 Å². The minimum atomic E-state index is -0.484. The Morgan fingerprint density at radius 3 is 2.57 bits per heavy atom. The van der Waals surface area contributed by atoms with Gasteiger partial charge in [0.05, 0.1) is 23.0 Å². The SMILES string of the molecule is CCOC(=O)CCC(=O)Oc1ccc2c(C)c(O)c(I)cc2c1. The number of fused-ring (bicyclic) bond motifs is 1. The highest BCUT2D eigenvalue weighted by Gasteiger charge is 2.12. The topological polar surface area (TPSA) is 72.8 Å². The van der Waals surface area contributed by atoms with Crippen LogP contribution in [-0.4, -0.2) is 23.7 Å². The number of benzene rings is 2. The Balaban J connectivity index is 2.11. The Morgan fingerprint density at radius 1 is 1.17 bits per heavy atom. The van der Waals surface area contributed by atoms with Crippen molar-refractivity contribution in [3.8, 4) is 11.5 Å². The first kappa shape index (κ1) is 17.5. The van der Waals surface area contributed by atoms with E-state index in [0.29, 0.717) is 12.4 Å². The van der Waals surface area contributed by atoms with Crippen LogP contribution in [-0.2, 0) is 14.3 Å². The predicted molar refractivity (Wildman–Crippen MR) is 94.6 cm³/mol. The minimum Gasteiger partial charge on any atom is -0.507 e. The van der Waals surface area contributed by atoms with Gasteiger partial charge in [-0.25, -0.2) is 0 Å². The number of carbonyl (C=O) groups is 2. The number of esters is 2. The van der Waals surface area contributed by atoms with Crippen molar-refractivity contribution in [2.24, 2.45) is 0 Å². The highest BCUT2D eigenvalue weighted by Crippen LogP contribution is 2.33. The molecule has 6 heteroatoms. The summed E-state index contributed by atoms with van der Waals surface area (Å²) in [5.74, 6) is -0.226. The van der Waals surface area contributed by atoms with E-state index in [-0.39, 0.29) is 18.6 Å². The van der Waals surface area contributed by atoms with Crippen LogP contribution in [0.3, 0.4) is 0 Å². The number of halogens is 1. The van der Waals surface area contributed by atoms with Crippen molar-refractivity contribution < 1.29 is 24.2 Å². The van der Waals surface area contributed by atoms with E-state index in [4.69, 9.17) is 9.47 Å². The summed E-state index contributed by atoms with van der Waals surface area (Å²) in [5.41, 5.74) is 0.784. The molecule has 0 atom stereocenters. The van der Waals surface area contributed by atoms with Crippen molar-refractivity contribution in [1.82, 2.24) is 0 Å². The Labute approximate surface area is 147 Å². The molecule has 2 aromatic carbocycles. The number of hydrogen-bond donors (Lipinski definition) is 1. The summed E-state index contributed by atoms with van der Waals surface area (Å²) in [5, 5.41) is 11.7. The largest absolute Gasteiger partial charge is 0.507 e. The van der Waals surface area contributed by atoms with E-state index < -0.39 is 11.9 Å². The van der Waals surface area contributed by atoms with Gasteiger partial charge in [0.1, 0.15) is 11.5 Å². The molecule has 0 radical (unpaired) electrons. The molecule has 0 saturated carbocycles. The third-order valence-electron chi connectivity index (χ3n) is 3.36. The van der Waals surface area contributed by atoms with Gasteiger partial charge in [0.15, 0.2) is 0 Å². The van der Waals surface area contributed by atoms with Crippen LogP contribution in [0.4, 0.5) is 0 Å². The molecule has 1 N–H and O–H groups in total. The van der Waals surface area contributed by atoms with E-state index in [0.717, 1.165) is 19.9 Å². The Hall–Kier alpha value is -1.83. The van der Waals surface area contributed by atoms with Crippen molar-refractivity contribution in [3.05, 3.63) is 33.4 Å². The number of carbonyl (C=O) groups excluding carboxylic acids is 2. The van der Waals surface area contributed by atoms with Crippen molar-refractivity contribution in [3.63, 3.8) is 0 Å². The van der Waals surface area contributed by atoms with Gasteiger partial charge in [0.25, 0.3) is 0 Å². The van der Waals surface area contributed by atoms with Crippen molar-refractivity contribution >= 4 is 45.3 Å². The lowest BCUT2D eigenvalue weighted by molar-refractivity contribution is -0.146. The third kappa shape index (κ3) is 4.34. The van der Waals surface area contributed by atoms with Gasteiger partial charge in [-0.1, -0.05) is 6.07 Å². The standard InChI is InChI=1S/C17H17IO5/c1-3-22-15(19)6-7-16(20)23-12-4-5-13-10(2)17(21)14(18)9-11(13)8-12/h4-5,8-9,21H,3,6-7H2,1-2H3. The van der Waals surface area contributed by atoms with Crippen molar-refractivity contribution in [1.29, 1.82) is 0 Å². The molecule has 0 fully saturated rings. The Bertz CT molecular complexity index is 754. The molecule has 0 aliphatic carbocycles. The van der Waals surface area contributed by atoms with Gasteiger partial charge in [-0.2, -0.15) is 0 Å². The molecule has 0 spiro atoms. The molecule has 0 aliphatic heterocycles. The monoisotopic (exact) mass is 428 g/mol. The molecular weight excluding hydrogens is 411 g/mol. The summed E-state index contributed by atoms with van der Waals surface area (Å²) in [6.07, 6.45) is -0.0197. The van der Waals surface area contributed by atoms with E-state index in [2.05, 4.69) is 22.6 Å². The fraction of sp³-hybridized carbons (Fsp3) is 0.294. The summed E-state index contributed by atoms with van der Waals surface area (Å²) in [6.45, 7) is 3.85. The number of hydrogen-bond acceptors (Lipinski definition) is 5. The summed E-state index contributed by atoms with van der Waals surface area (Å²) >= 11 is 2.05. The molecule has 0 unspecified atom stereocenters. The van der Waals surface area contributed by atoms with Crippen LogP contribution < -0.4 is 4.74 Å². The molecule has 0 bridgehead atoms. The molecule has 0 aromatic heterocycles. The molecule has 0 heterocycles. The number of phenols is 1. The van der Waals surface area contributed by atoms with E-state index in [1.54, 1.807) is 25.1 Å². The predicted octanol–water partition coefficient (Wildman–Crippen LogP) is 3.71. The van der Waals surface area contributed by atoms with Crippen LogP contribution in [0.15, 0.2) is 24.3 Å². The van der Waals surface area contributed by atoms with Gasteiger partial charge in [-0.15, -0.1) is 0 Å². The highest BCUT2D eigenvalue weighted by atomic mass is 127.